The van der Waals surface area contributed by atoms with E-state index in [1.54, 1.807) is 30.3 Å². The molecule has 2 amide bonds. The van der Waals surface area contributed by atoms with Crippen molar-refractivity contribution in [3.05, 3.63) is 52.2 Å². The third-order valence-corrected chi connectivity index (χ3v) is 3.39. The third kappa shape index (κ3) is 4.71. The van der Waals surface area contributed by atoms with Crippen molar-refractivity contribution in [3.8, 4) is 0 Å². The van der Waals surface area contributed by atoms with E-state index in [-0.39, 0.29) is 19.6 Å². The standard InChI is InChI=1S/C15H16F3N5O3/c1-22-13(15(16,17)18)21-23(14(22)26)8-7-19-11(24)9-20-12(25)10-5-3-2-4-6-10/h2-6H,7-9H2,1H3,(H,19,24)(H,20,25). The van der Waals surface area contributed by atoms with Crippen LogP contribution in [0.1, 0.15) is 16.2 Å². The predicted octanol–water partition coefficient (Wildman–Crippen LogP) is 0.147. The largest absolute Gasteiger partial charge is 0.451 e. The summed E-state index contributed by atoms with van der Waals surface area (Å²) in [5, 5.41) is 8.01. The van der Waals surface area contributed by atoms with E-state index in [9.17, 15) is 27.6 Å². The minimum atomic E-state index is -4.75. The summed E-state index contributed by atoms with van der Waals surface area (Å²) in [5.74, 6) is -2.30. The number of alkyl halides is 3. The summed E-state index contributed by atoms with van der Waals surface area (Å²) in [6.07, 6.45) is -4.75. The highest BCUT2D eigenvalue weighted by Gasteiger charge is 2.37. The second kappa shape index (κ2) is 7.85. The Labute approximate surface area is 145 Å². The molecule has 1 aromatic carbocycles. The van der Waals surface area contributed by atoms with Gasteiger partial charge in [0.15, 0.2) is 0 Å². The lowest BCUT2D eigenvalue weighted by molar-refractivity contribution is -0.147. The molecule has 0 bridgehead atoms. The van der Waals surface area contributed by atoms with E-state index >= 15 is 0 Å². The van der Waals surface area contributed by atoms with Crippen molar-refractivity contribution < 1.29 is 22.8 Å². The highest BCUT2D eigenvalue weighted by molar-refractivity contribution is 5.96. The average Bonchev–Trinajstić information content (AvgIpc) is 2.89. The second-order valence-corrected chi connectivity index (χ2v) is 5.28. The van der Waals surface area contributed by atoms with Gasteiger partial charge < -0.3 is 10.6 Å². The molecule has 140 valence electrons. The Morgan fingerprint density at radius 3 is 2.38 bits per heavy atom. The summed E-state index contributed by atoms with van der Waals surface area (Å²) in [6.45, 7) is -0.659. The molecule has 0 spiro atoms. The zero-order valence-corrected chi connectivity index (χ0v) is 13.7. The number of carbonyl (C=O) groups is 2. The number of aromatic nitrogens is 3. The summed E-state index contributed by atoms with van der Waals surface area (Å²) in [5.41, 5.74) is -0.552. The van der Waals surface area contributed by atoms with Crippen LogP contribution in [-0.4, -0.2) is 39.3 Å². The quantitative estimate of drug-likeness (QED) is 0.755. The maximum Gasteiger partial charge on any atom is 0.451 e. The van der Waals surface area contributed by atoms with Gasteiger partial charge in [-0.15, -0.1) is 5.10 Å². The van der Waals surface area contributed by atoms with Crippen molar-refractivity contribution in [1.29, 1.82) is 0 Å². The molecule has 1 aromatic heterocycles. The Bertz CT molecular complexity index is 842. The van der Waals surface area contributed by atoms with Crippen molar-refractivity contribution >= 4 is 11.8 Å². The number of hydrogen-bond donors (Lipinski definition) is 2. The van der Waals surface area contributed by atoms with Crippen LogP contribution in [0.25, 0.3) is 0 Å². The normalized spacial score (nSPS) is 11.2. The molecule has 0 aliphatic heterocycles. The number of nitrogens with zero attached hydrogens (tertiary/aromatic N) is 3. The topological polar surface area (TPSA) is 98.0 Å². The molecule has 0 aliphatic rings. The smallest absolute Gasteiger partial charge is 0.353 e. The van der Waals surface area contributed by atoms with Gasteiger partial charge in [-0.3, -0.25) is 14.2 Å². The minimum absolute atomic E-state index is 0.117. The van der Waals surface area contributed by atoms with E-state index in [0.29, 0.717) is 14.8 Å². The molecule has 0 radical (unpaired) electrons. The Morgan fingerprint density at radius 2 is 1.81 bits per heavy atom. The van der Waals surface area contributed by atoms with Gasteiger partial charge in [-0.25, -0.2) is 9.48 Å². The van der Waals surface area contributed by atoms with Gasteiger partial charge in [-0.05, 0) is 12.1 Å². The number of nitrogens with one attached hydrogen (secondary N) is 2. The Morgan fingerprint density at radius 1 is 1.15 bits per heavy atom. The maximum atomic E-state index is 12.7. The second-order valence-electron chi connectivity index (χ2n) is 5.28. The fourth-order valence-electron chi connectivity index (χ4n) is 2.10. The first-order valence-corrected chi connectivity index (χ1v) is 7.51. The first-order valence-electron chi connectivity index (χ1n) is 7.51. The van der Waals surface area contributed by atoms with Gasteiger partial charge in [0.2, 0.25) is 11.7 Å². The molecular weight excluding hydrogens is 355 g/mol. The third-order valence-electron chi connectivity index (χ3n) is 3.39. The SMILES string of the molecule is Cn1c(C(F)(F)F)nn(CCNC(=O)CNC(=O)c2ccccc2)c1=O. The van der Waals surface area contributed by atoms with E-state index in [0.717, 1.165) is 7.05 Å². The summed E-state index contributed by atoms with van der Waals surface area (Å²) in [7, 11) is 0.965. The van der Waals surface area contributed by atoms with Crippen LogP contribution in [0.4, 0.5) is 13.2 Å². The van der Waals surface area contributed by atoms with Crippen LogP contribution in [0, 0.1) is 0 Å². The molecule has 11 heteroatoms. The van der Waals surface area contributed by atoms with Crippen molar-refractivity contribution in [1.82, 2.24) is 25.0 Å². The van der Waals surface area contributed by atoms with Crippen LogP contribution >= 0.6 is 0 Å². The van der Waals surface area contributed by atoms with Gasteiger partial charge in [0.05, 0.1) is 13.1 Å². The van der Waals surface area contributed by atoms with Gasteiger partial charge in [0.1, 0.15) is 0 Å². The molecule has 8 nitrogen and oxygen atoms in total. The maximum absolute atomic E-state index is 12.7. The Hall–Kier alpha value is -3.11. The molecule has 0 saturated carbocycles. The van der Waals surface area contributed by atoms with E-state index in [2.05, 4.69) is 15.7 Å². The molecule has 1 heterocycles. The molecule has 2 rings (SSSR count). The number of benzene rings is 1. The van der Waals surface area contributed by atoms with Crippen molar-refractivity contribution in [2.75, 3.05) is 13.1 Å². The minimum Gasteiger partial charge on any atom is -0.353 e. The van der Waals surface area contributed by atoms with Crippen LogP contribution < -0.4 is 16.3 Å². The lowest BCUT2D eigenvalue weighted by atomic mass is 10.2. The summed E-state index contributed by atoms with van der Waals surface area (Å²) in [6, 6.07) is 8.26. The highest BCUT2D eigenvalue weighted by Crippen LogP contribution is 2.25. The van der Waals surface area contributed by atoms with Crippen LogP contribution in [-0.2, 0) is 24.6 Å². The molecule has 0 fully saturated rings. The molecule has 2 aromatic rings. The number of amides is 2. The Kier molecular flexibility index (Phi) is 5.80. The van der Waals surface area contributed by atoms with Gasteiger partial charge in [-0.2, -0.15) is 13.2 Å². The molecule has 0 atom stereocenters. The van der Waals surface area contributed by atoms with Crippen molar-refractivity contribution in [3.63, 3.8) is 0 Å². The number of rotatable bonds is 6. The number of halogens is 3. The summed E-state index contributed by atoms with van der Waals surface area (Å²) in [4.78, 5) is 35.1. The fraction of sp³-hybridized carbons (Fsp3) is 0.333. The number of carbonyl (C=O) groups excluding carboxylic acids is 2. The molecule has 0 saturated heterocycles. The predicted molar refractivity (Wildman–Crippen MR) is 84.3 cm³/mol. The van der Waals surface area contributed by atoms with Gasteiger partial charge in [-0.1, -0.05) is 18.2 Å². The summed E-state index contributed by atoms with van der Waals surface area (Å²) < 4.78 is 39.0. The lowest BCUT2D eigenvalue weighted by Gasteiger charge is -2.07. The van der Waals surface area contributed by atoms with Gasteiger partial charge in [0, 0.05) is 19.2 Å². The van der Waals surface area contributed by atoms with E-state index in [1.807, 2.05) is 0 Å². The van der Waals surface area contributed by atoms with Gasteiger partial charge in [0.25, 0.3) is 5.91 Å². The monoisotopic (exact) mass is 371 g/mol. The van der Waals surface area contributed by atoms with E-state index in [4.69, 9.17) is 0 Å². The molecule has 0 unspecified atom stereocenters. The van der Waals surface area contributed by atoms with Gasteiger partial charge >= 0.3 is 11.9 Å². The van der Waals surface area contributed by atoms with Crippen molar-refractivity contribution in [2.45, 2.75) is 12.7 Å². The average molecular weight is 371 g/mol. The molecule has 2 N–H and O–H groups in total. The van der Waals surface area contributed by atoms with E-state index < -0.39 is 29.5 Å². The number of hydrogen-bond acceptors (Lipinski definition) is 4. The molecular formula is C15H16F3N5O3. The lowest BCUT2D eigenvalue weighted by Crippen LogP contribution is -2.39. The van der Waals surface area contributed by atoms with Crippen LogP contribution in [0.15, 0.2) is 35.1 Å². The highest BCUT2D eigenvalue weighted by atomic mass is 19.4. The van der Waals surface area contributed by atoms with Crippen LogP contribution in [0.3, 0.4) is 0 Å². The first kappa shape index (κ1) is 19.2. The zero-order chi connectivity index (χ0) is 19.3. The Balaban J connectivity index is 1.82. The fourth-order valence-corrected chi connectivity index (χ4v) is 2.10. The van der Waals surface area contributed by atoms with Crippen molar-refractivity contribution in [2.24, 2.45) is 7.05 Å². The van der Waals surface area contributed by atoms with Crippen LogP contribution in [0.2, 0.25) is 0 Å². The molecule has 26 heavy (non-hydrogen) atoms. The zero-order valence-electron chi connectivity index (χ0n) is 13.7. The first-order chi connectivity index (χ1) is 12.2. The van der Waals surface area contributed by atoms with E-state index in [1.165, 1.54) is 0 Å². The summed E-state index contributed by atoms with van der Waals surface area (Å²) >= 11 is 0. The molecule has 0 aliphatic carbocycles. The van der Waals surface area contributed by atoms with Crippen LogP contribution in [0.5, 0.6) is 0 Å².